The quantitative estimate of drug-likeness (QED) is 0.844. The van der Waals surface area contributed by atoms with E-state index in [1.165, 1.54) is 21.3 Å². The molecule has 2 bridgehead atoms. The molecule has 1 amide bonds. The predicted molar refractivity (Wildman–Crippen MR) is 94.1 cm³/mol. The van der Waals surface area contributed by atoms with Crippen molar-refractivity contribution < 1.29 is 17.9 Å². The Morgan fingerprint density at radius 2 is 1.92 bits per heavy atom. The van der Waals surface area contributed by atoms with Crippen LogP contribution in [0.25, 0.3) is 11.0 Å². The molecule has 0 unspecified atom stereocenters. The summed E-state index contributed by atoms with van der Waals surface area (Å²) in [5.74, 6) is -0.535. The maximum atomic E-state index is 12.7. The molecule has 3 atom stereocenters. The number of hydrogen-bond donors (Lipinski definition) is 1. The van der Waals surface area contributed by atoms with Crippen LogP contribution in [0, 0.1) is 5.41 Å². The largest absolute Gasteiger partial charge is 0.374 e. The minimum Gasteiger partial charge on any atom is -0.374 e. The summed E-state index contributed by atoms with van der Waals surface area (Å²) in [4.78, 5) is 24.7. The van der Waals surface area contributed by atoms with Gasteiger partial charge in [0.05, 0.1) is 33.6 Å². The van der Waals surface area contributed by atoms with Crippen LogP contribution in [0.15, 0.2) is 27.9 Å². The number of fused-ring (bicyclic) bond motifs is 3. The first-order valence-electron chi connectivity index (χ1n) is 8.52. The fraction of sp³-hybridized carbons (Fsp3) is 0.529. The van der Waals surface area contributed by atoms with Crippen molar-refractivity contribution in [2.75, 3.05) is 0 Å². The zero-order valence-electron chi connectivity index (χ0n) is 14.9. The summed E-state index contributed by atoms with van der Waals surface area (Å²) in [6.45, 7) is 1.76. The SMILES string of the molecule is Cn1c(=O)n(C)c2cc(S(=O)(=O)NC(=O)[C@@]3(C)C[C@H]4CC[C@@H]3O4)ccc21. The summed E-state index contributed by atoms with van der Waals surface area (Å²) in [6, 6.07) is 4.38. The van der Waals surface area contributed by atoms with Crippen molar-refractivity contribution in [1.29, 1.82) is 0 Å². The third-order valence-electron chi connectivity index (χ3n) is 5.77. The lowest BCUT2D eigenvalue weighted by atomic mass is 9.75. The number of aromatic nitrogens is 2. The molecule has 2 fully saturated rings. The molecule has 1 N–H and O–H groups in total. The van der Waals surface area contributed by atoms with E-state index in [1.807, 2.05) is 0 Å². The van der Waals surface area contributed by atoms with Crippen molar-refractivity contribution in [1.82, 2.24) is 13.9 Å². The summed E-state index contributed by atoms with van der Waals surface area (Å²) in [5, 5.41) is 0. The van der Waals surface area contributed by atoms with Crippen LogP contribution in [0.5, 0.6) is 0 Å². The smallest absolute Gasteiger partial charge is 0.328 e. The number of imidazole rings is 1. The van der Waals surface area contributed by atoms with Gasteiger partial charge in [0.15, 0.2) is 0 Å². The number of hydrogen-bond acceptors (Lipinski definition) is 5. The maximum Gasteiger partial charge on any atom is 0.328 e. The Bertz CT molecular complexity index is 1080. The fourth-order valence-corrected chi connectivity index (χ4v) is 5.23. The van der Waals surface area contributed by atoms with E-state index < -0.39 is 21.3 Å². The molecule has 1 aromatic heterocycles. The molecule has 2 saturated heterocycles. The van der Waals surface area contributed by atoms with Gasteiger partial charge in [-0.25, -0.2) is 17.9 Å². The van der Waals surface area contributed by atoms with Gasteiger partial charge >= 0.3 is 5.69 Å². The minimum atomic E-state index is -4.04. The molecule has 26 heavy (non-hydrogen) atoms. The molecule has 9 heteroatoms. The second-order valence-corrected chi connectivity index (χ2v) is 9.11. The summed E-state index contributed by atoms with van der Waals surface area (Å²) in [5.41, 5.74) is 0.0309. The predicted octanol–water partition coefficient (Wildman–Crippen LogP) is 0.639. The second kappa shape index (κ2) is 5.43. The Morgan fingerprint density at radius 3 is 2.54 bits per heavy atom. The van der Waals surface area contributed by atoms with Gasteiger partial charge in [0.25, 0.3) is 10.0 Å². The highest BCUT2D eigenvalue weighted by molar-refractivity contribution is 7.90. The van der Waals surface area contributed by atoms with Gasteiger partial charge in [0, 0.05) is 14.1 Å². The van der Waals surface area contributed by atoms with Gasteiger partial charge in [-0.2, -0.15) is 0 Å². The van der Waals surface area contributed by atoms with Gasteiger partial charge in [-0.05, 0) is 44.4 Å². The zero-order valence-corrected chi connectivity index (χ0v) is 15.7. The number of rotatable bonds is 3. The second-order valence-electron chi connectivity index (χ2n) is 7.43. The molecule has 0 spiro atoms. The lowest BCUT2D eigenvalue weighted by molar-refractivity contribution is -0.131. The molecule has 140 valence electrons. The number of aryl methyl sites for hydroxylation is 2. The van der Waals surface area contributed by atoms with E-state index in [0.29, 0.717) is 17.5 Å². The number of amides is 1. The number of nitrogens with one attached hydrogen (secondary N) is 1. The standard InChI is InChI=1S/C17H21N3O5S/c1-17(9-10-4-7-14(17)25-10)15(21)18-26(23,24)11-5-6-12-13(8-11)20(3)16(22)19(12)2/h5-6,8,10,14H,4,7,9H2,1-3H3,(H,18,21)/t10-,14+,17+/m1/s1. The molecule has 0 radical (unpaired) electrons. The monoisotopic (exact) mass is 379 g/mol. The van der Waals surface area contributed by atoms with Gasteiger partial charge in [-0.3, -0.25) is 13.9 Å². The molecule has 2 aliphatic rings. The number of carbonyl (C=O) groups excluding carboxylic acids is 1. The van der Waals surface area contributed by atoms with Crippen LogP contribution in [0.2, 0.25) is 0 Å². The molecule has 2 aromatic rings. The van der Waals surface area contributed by atoms with Crippen LogP contribution >= 0.6 is 0 Å². The first-order chi connectivity index (χ1) is 12.1. The lowest BCUT2D eigenvalue weighted by Crippen LogP contribution is -2.47. The van der Waals surface area contributed by atoms with Crippen molar-refractivity contribution in [3.8, 4) is 0 Å². The minimum absolute atomic E-state index is 0.0358. The van der Waals surface area contributed by atoms with E-state index in [9.17, 15) is 18.0 Å². The van der Waals surface area contributed by atoms with E-state index >= 15 is 0 Å². The molecule has 4 rings (SSSR count). The van der Waals surface area contributed by atoms with E-state index in [-0.39, 0.29) is 22.8 Å². The summed E-state index contributed by atoms with van der Waals surface area (Å²) >= 11 is 0. The van der Waals surface area contributed by atoms with Crippen molar-refractivity contribution in [2.24, 2.45) is 19.5 Å². The first kappa shape index (κ1) is 17.3. The van der Waals surface area contributed by atoms with Gasteiger partial charge < -0.3 is 4.74 Å². The van der Waals surface area contributed by atoms with Crippen molar-refractivity contribution in [3.63, 3.8) is 0 Å². The van der Waals surface area contributed by atoms with E-state index in [4.69, 9.17) is 4.74 Å². The maximum absolute atomic E-state index is 12.7. The number of nitrogens with zero attached hydrogens (tertiary/aromatic N) is 2. The molecule has 8 nitrogen and oxygen atoms in total. The van der Waals surface area contributed by atoms with Gasteiger partial charge in [-0.15, -0.1) is 0 Å². The summed E-state index contributed by atoms with van der Waals surface area (Å²) < 4.78 is 36.2. The lowest BCUT2D eigenvalue weighted by Gasteiger charge is -2.29. The van der Waals surface area contributed by atoms with Crippen LogP contribution in [-0.4, -0.2) is 35.7 Å². The van der Waals surface area contributed by atoms with Crippen LogP contribution in [0.3, 0.4) is 0 Å². The van der Waals surface area contributed by atoms with E-state index in [2.05, 4.69) is 4.72 Å². The Morgan fingerprint density at radius 1 is 1.23 bits per heavy atom. The van der Waals surface area contributed by atoms with Crippen LogP contribution in [0.1, 0.15) is 26.2 Å². The average Bonchev–Trinajstić information content (AvgIpc) is 3.24. The highest BCUT2D eigenvalue weighted by Gasteiger charge is 2.54. The molecular formula is C17H21N3O5S. The average molecular weight is 379 g/mol. The molecule has 3 heterocycles. The number of benzene rings is 1. The topological polar surface area (TPSA) is 99.4 Å². The normalized spacial score (nSPS) is 28.0. The molecular weight excluding hydrogens is 358 g/mol. The fourth-order valence-electron chi connectivity index (χ4n) is 4.12. The summed E-state index contributed by atoms with van der Waals surface area (Å²) in [6.07, 6.45) is 2.02. The summed E-state index contributed by atoms with van der Waals surface area (Å²) in [7, 11) is -0.845. The van der Waals surface area contributed by atoms with Crippen LogP contribution in [0.4, 0.5) is 0 Å². The van der Waals surface area contributed by atoms with Crippen LogP contribution in [-0.2, 0) is 33.7 Å². The van der Waals surface area contributed by atoms with Crippen LogP contribution < -0.4 is 10.4 Å². The van der Waals surface area contributed by atoms with Crippen molar-refractivity contribution in [2.45, 2.75) is 43.3 Å². The Labute approximate surface area is 150 Å². The zero-order chi connectivity index (χ0) is 18.9. The first-order valence-corrected chi connectivity index (χ1v) is 10.00. The Kier molecular flexibility index (Phi) is 3.61. The van der Waals surface area contributed by atoms with E-state index in [1.54, 1.807) is 27.1 Å². The number of sulfonamides is 1. The highest BCUT2D eigenvalue weighted by atomic mass is 32.2. The van der Waals surface area contributed by atoms with E-state index in [0.717, 1.165) is 12.8 Å². The molecule has 2 aliphatic heterocycles. The van der Waals surface area contributed by atoms with Gasteiger partial charge in [-0.1, -0.05) is 0 Å². The van der Waals surface area contributed by atoms with Gasteiger partial charge in [0.1, 0.15) is 0 Å². The van der Waals surface area contributed by atoms with Crippen molar-refractivity contribution in [3.05, 3.63) is 28.7 Å². The molecule has 0 aliphatic carbocycles. The molecule has 0 saturated carbocycles. The molecule has 1 aromatic carbocycles. The third-order valence-corrected chi connectivity index (χ3v) is 7.10. The van der Waals surface area contributed by atoms with Gasteiger partial charge in [0.2, 0.25) is 5.91 Å². The Balaban J connectivity index is 1.67. The Hall–Kier alpha value is -2.13. The highest BCUT2D eigenvalue weighted by Crippen LogP contribution is 2.47. The van der Waals surface area contributed by atoms with Crippen molar-refractivity contribution >= 4 is 27.0 Å². The third kappa shape index (κ3) is 2.34. The number of ether oxygens (including phenoxy) is 1. The number of carbonyl (C=O) groups is 1.